The molecule has 0 saturated carbocycles. The van der Waals surface area contributed by atoms with Crippen LogP contribution in [0.25, 0.3) is 10.7 Å². The van der Waals surface area contributed by atoms with Crippen molar-refractivity contribution in [1.29, 1.82) is 0 Å². The van der Waals surface area contributed by atoms with Crippen LogP contribution < -0.4 is 4.90 Å². The van der Waals surface area contributed by atoms with E-state index < -0.39 is 0 Å². The summed E-state index contributed by atoms with van der Waals surface area (Å²) in [5.41, 5.74) is 1.58. The average Bonchev–Trinajstić information content (AvgIpc) is 3.42. The molecule has 0 aliphatic carbocycles. The monoisotopic (exact) mass is 461 g/mol. The molecule has 0 aliphatic heterocycles. The summed E-state index contributed by atoms with van der Waals surface area (Å²) >= 11 is 10.7. The molecule has 0 radical (unpaired) electrons. The van der Waals surface area contributed by atoms with Crippen LogP contribution in [0, 0.1) is 0 Å². The normalized spacial score (nSPS) is 11.0. The van der Waals surface area contributed by atoms with Crippen LogP contribution in [0.1, 0.15) is 12.6 Å². The van der Waals surface area contributed by atoms with Crippen molar-refractivity contribution in [2.24, 2.45) is 7.05 Å². The Hall–Kier alpha value is -2.20. The lowest BCUT2D eigenvalue weighted by Gasteiger charge is -2.18. The van der Waals surface area contributed by atoms with Crippen molar-refractivity contribution in [3.05, 3.63) is 57.9 Å². The van der Waals surface area contributed by atoms with Gasteiger partial charge in [0.25, 0.3) is 0 Å². The van der Waals surface area contributed by atoms with Crippen LogP contribution >= 0.6 is 46.0 Å². The fourth-order valence-electron chi connectivity index (χ4n) is 2.71. The third-order valence-electron chi connectivity index (χ3n) is 4.04. The van der Waals surface area contributed by atoms with Gasteiger partial charge in [0.05, 0.1) is 16.3 Å². The largest absolute Gasteiger partial charge is 0.304 e. The fraction of sp³-hybridized carbons (Fsp3) is 0.158. The highest BCUT2D eigenvalue weighted by Crippen LogP contribution is 2.33. The van der Waals surface area contributed by atoms with E-state index in [1.54, 1.807) is 40.1 Å². The molecule has 4 aromatic rings. The summed E-state index contributed by atoms with van der Waals surface area (Å²) in [5.74, 6) is 1.37. The van der Waals surface area contributed by atoms with Gasteiger partial charge in [-0.05, 0) is 29.6 Å². The molecule has 3 aromatic heterocycles. The Morgan fingerprint density at radius 1 is 1.24 bits per heavy atom. The first-order valence-electron chi connectivity index (χ1n) is 8.59. The van der Waals surface area contributed by atoms with Crippen molar-refractivity contribution in [3.8, 4) is 10.7 Å². The highest BCUT2D eigenvalue weighted by Gasteiger charge is 2.19. The maximum absolute atomic E-state index is 12.2. The number of hydrogen-bond acceptors (Lipinski definition) is 7. The molecule has 0 aliphatic rings. The lowest BCUT2D eigenvalue weighted by Crippen LogP contribution is -2.22. The zero-order valence-electron chi connectivity index (χ0n) is 15.6. The predicted molar refractivity (Wildman–Crippen MR) is 120 cm³/mol. The minimum absolute atomic E-state index is 0.116. The minimum Gasteiger partial charge on any atom is -0.304 e. The number of aromatic nitrogens is 4. The quantitative estimate of drug-likeness (QED) is 0.348. The molecule has 4 rings (SSSR count). The lowest BCUT2D eigenvalue weighted by atomic mass is 10.3. The number of thiazole rings is 1. The molecule has 1 amide bonds. The summed E-state index contributed by atoms with van der Waals surface area (Å²) in [6.07, 6.45) is 0. The van der Waals surface area contributed by atoms with Gasteiger partial charge in [-0.3, -0.25) is 9.69 Å². The zero-order valence-corrected chi connectivity index (χ0v) is 18.8. The van der Waals surface area contributed by atoms with Gasteiger partial charge in [0, 0.05) is 30.1 Å². The Labute approximate surface area is 185 Å². The van der Waals surface area contributed by atoms with Gasteiger partial charge in [-0.1, -0.05) is 35.5 Å². The molecule has 1 aromatic carbocycles. The van der Waals surface area contributed by atoms with Gasteiger partial charge in [-0.2, -0.15) is 0 Å². The molecule has 0 bridgehead atoms. The van der Waals surface area contributed by atoms with Crippen molar-refractivity contribution in [1.82, 2.24) is 19.7 Å². The predicted octanol–water partition coefficient (Wildman–Crippen LogP) is 5.63. The molecular formula is C19H16ClN5OS3. The Bertz CT molecular complexity index is 1140. The molecule has 29 heavy (non-hydrogen) atoms. The first-order valence-corrected chi connectivity index (χ1v) is 11.7. The highest BCUT2D eigenvalue weighted by atomic mass is 35.5. The first kappa shape index (κ1) is 20.1. The van der Waals surface area contributed by atoms with Crippen LogP contribution in [-0.4, -0.2) is 25.7 Å². The van der Waals surface area contributed by atoms with Gasteiger partial charge >= 0.3 is 0 Å². The number of thioether (sulfide) groups is 1. The van der Waals surface area contributed by atoms with Crippen molar-refractivity contribution in [2.75, 3.05) is 4.90 Å². The SMILES string of the molecule is CC(=O)N(c1cccc(Cl)c1)c1nc(CSc2nnc(-c3cccs3)n2C)cs1. The number of carbonyl (C=O) groups excluding carboxylic acids is 1. The van der Waals surface area contributed by atoms with Crippen molar-refractivity contribution in [2.45, 2.75) is 17.8 Å². The standard InChI is InChI=1S/C19H16ClN5OS3/c1-12(26)25(15-6-3-5-13(20)9-15)18-21-14(10-28-18)11-29-19-23-22-17(24(19)2)16-7-4-8-27-16/h3-10H,11H2,1-2H3. The molecule has 0 saturated heterocycles. The van der Waals surface area contributed by atoms with E-state index in [0.29, 0.717) is 21.6 Å². The number of carbonyl (C=O) groups is 1. The molecule has 3 heterocycles. The molecule has 148 valence electrons. The van der Waals surface area contributed by atoms with Gasteiger partial charge in [0.15, 0.2) is 16.1 Å². The number of anilines is 2. The van der Waals surface area contributed by atoms with Crippen molar-refractivity contribution < 1.29 is 4.79 Å². The maximum atomic E-state index is 12.2. The van der Waals surface area contributed by atoms with Crippen LogP contribution in [-0.2, 0) is 17.6 Å². The topological polar surface area (TPSA) is 63.9 Å². The second-order valence-corrected chi connectivity index (χ2v) is 9.25. The molecular weight excluding hydrogens is 446 g/mol. The van der Waals surface area contributed by atoms with E-state index in [9.17, 15) is 4.79 Å². The van der Waals surface area contributed by atoms with E-state index in [2.05, 4.69) is 15.2 Å². The molecule has 6 nitrogen and oxygen atoms in total. The van der Waals surface area contributed by atoms with Gasteiger partial charge in [-0.15, -0.1) is 32.9 Å². The molecule has 0 unspecified atom stereocenters. The lowest BCUT2D eigenvalue weighted by molar-refractivity contribution is -0.115. The van der Waals surface area contributed by atoms with Gasteiger partial charge in [0.1, 0.15) is 0 Å². The van der Waals surface area contributed by atoms with Gasteiger partial charge in [-0.25, -0.2) is 4.98 Å². The summed E-state index contributed by atoms with van der Waals surface area (Å²) in [6, 6.07) is 11.2. The van der Waals surface area contributed by atoms with E-state index in [-0.39, 0.29) is 5.91 Å². The smallest absolute Gasteiger partial charge is 0.230 e. The minimum atomic E-state index is -0.116. The number of halogens is 1. The number of rotatable bonds is 6. The van der Waals surface area contributed by atoms with Crippen LogP contribution in [0.5, 0.6) is 0 Å². The second-order valence-electron chi connectivity index (χ2n) is 6.09. The molecule has 0 spiro atoms. The molecule has 0 N–H and O–H groups in total. The Morgan fingerprint density at radius 2 is 2.10 bits per heavy atom. The summed E-state index contributed by atoms with van der Waals surface area (Å²) in [5, 5.41) is 14.6. The van der Waals surface area contributed by atoms with Crippen molar-refractivity contribution in [3.63, 3.8) is 0 Å². The summed E-state index contributed by atoms with van der Waals surface area (Å²) in [4.78, 5) is 19.5. The van der Waals surface area contributed by atoms with Gasteiger partial charge in [0.2, 0.25) is 5.91 Å². The summed E-state index contributed by atoms with van der Waals surface area (Å²) < 4.78 is 1.98. The second kappa shape index (κ2) is 8.66. The van der Waals surface area contributed by atoms with Gasteiger partial charge < -0.3 is 4.57 Å². The number of nitrogens with zero attached hydrogens (tertiary/aromatic N) is 5. The highest BCUT2D eigenvalue weighted by molar-refractivity contribution is 7.98. The third kappa shape index (κ3) is 4.37. The van der Waals surface area contributed by atoms with E-state index >= 15 is 0 Å². The van der Waals surface area contributed by atoms with Crippen LogP contribution in [0.2, 0.25) is 5.02 Å². The number of benzene rings is 1. The van der Waals surface area contributed by atoms with E-state index in [4.69, 9.17) is 11.6 Å². The molecule has 0 fully saturated rings. The number of thiophene rings is 1. The van der Waals surface area contributed by atoms with Crippen LogP contribution in [0.4, 0.5) is 10.8 Å². The Morgan fingerprint density at radius 3 is 2.83 bits per heavy atom. The van der Waals surface area contributed by atoms with Crippen LogP contribution in [0.15, 0.2) is 52.3 Å². The Kier molecular flexibility index (Phi) is 6.00. The maximum Gasteiger partial charge on any atom is 0.230 e. The third-order valence-corrected chi connectivity index (χ3v) is 7.07. The molecule has 10 heteroatoms. The number of amides is 1. The number of hydrogen-bond donors (Lipinski definition) is 0. The van der Waals surface area contributed by atoms with E-state index in [1.165, 1.54) is 18.3 Å². The average molecular weight is 462 g/mol. The van der Waals surface area contributed by atoms with E-state index in [1.807, 2.05) is 46.6 Å². The summed E-state index contributed by atoms with van der Waals surface area (Å²) in [6.45, 7) is 1.52. The summed E-state index contributed by atoms with van der Waals surface area (Å²) in [7, 11) is 1.96. The molecule has 0 atom stereocenters. The van der Waals surface area contributed by atoms with Crippen LogP contribution in [0.3, 0.4) is 0 Å². The zero-order chi connectivity index (χ0) is 20.4. The fourth-order valence-corrected chi connectivity index (χ4v) is 5.43. The van der Waals surface area contributed by atoms with E-state index in [0.717, 1.165) is 21.6 Å². The Balaban J connectivity index is 1.50. The van der Waals surface area contributed by atoms with Crippen molar-refractivity contribution >= 4 is 62.8 Å². The first-order chi connectivity index (χ1) is 14.0.